The van der Waals surface area contributed by atoms with Crippen molar-refractivity contribution in [3.05, 3.63) is 0 Å². The van der Waals surface area contributed by atoms with E-state index in [1.54, 1.807) is 0 Å². The average Bonchev–Trinajstić information content (AvgIpc) is 2.84. The molecule has 0 spiro atoms. The fourth-order valence-corrected chi connectivity index (χ4v) is 3.01. The molecule has 1 aliphatic heterocycles. The number of hydrogen-bond acceptors (Lipinski definition) is 2. The summed E-state index contributed by atoms with van der Waals surface area (Å²) in [6.45, 7) is 7.11. The minimum absolute atomic E-state index is 0.290. The molecule has 0 radical (unpaired) electrons. The van der Waals surface area contributed by atoms with Crippen molar-refractivity contribution in [2.75, 3.05) is 6.54 Å². The molecule has 16 heavy (non-hydrogen) atoms. The zero-order valence-corrected chi connectivity index (χ0v) is 10.7. The first-order chi connectivity index (χ1) is 7.61. The predicted molar refractivity (Wildman–Crippen MR) is 64.9 cm³/mol. The molecule has 2 fully saturated rings. The highest BCUT2D eigenvalue weighted by Crippen LogP contribution is 2.32. The number of nitrogens with zero attached hydrogens (tertiary/aromatic N) is 1. The third-order valence-electron chi connectivity index (χ3n) is 4.30. The van der Waals surface area contributed by atoms with Gasteiger partial charge in [0, 0.05) is 6.04 Å². The Morgan fingerprint density at radius 3 is 2.44 bits per heavy atom. The van der Waals surface area contributed by atoms with Gasteiger partial charge in [0.2, 0.25) is 5.91 Å². The van der Waals surface area contributed by atoms with Crippen LogP contribution in [-0.4, -0.2) is 29.6 Å². The Morgan fingerprint density at radius 2 is 1.88 bits per heavy atom. The van der Waals surface area contributed by atoms with Crippen molar-refractivity contribution in [1.29, 1.82) is 0 Å². The molecule has 0 aromatic heterocycles. The highest BCUT2D eigenvalue weighted by molar-refractivity contribution is 5.81. The number of carbonyl (C=O) groups is 1. The number of rotatable bonds is 3. The Labute approximate surface area is 98.6 Å². The molecule has 1 N–H and O–H groups in total. The van der Waals surface area contributed by atoms with Crippen LogP contribution >= 0.6 is 0 Å². The van der Waals surface area contributed by atoms with E-state index in [1.165, 1.54) is 25.7 Å². The van der Waals surface area contributed by atoms with Gasteiger partial charge in [-0.2, -0.15) is 0 Å². The van der Waals surface area contributed by atoms with Crippen LogP contribution in [0.25, 0.3) is 0 Å². The maximum atomic E-state index is 12.0. The molecule has 1 saturated carbocycles. The molecule has 92 valence electrons. The molecule has 2 atom stereocenters. The van der Waals surface area contributed by atoms with E-state index in [9.17, 15) is 4.79 Å². The van der Waals surface area contributed by atoms with Crippen LogP contribution < -0.4 is 5.32 Å². The zero-order chi connectivity index (χ0) is 11.7. The van der Waals surface area contributed by atoms with Crippen molar-refractivity contribution in [1.82, 2.24) is 10.2 Å². The largest absolute Gasteiger partial charge is 0.323 e. The van der Waals surface area contributed by atoms with Crippen LogP contribution in [0.15, 0.2) is 0 Å². The molecule has 1 heterocycles. The van der Waals surface area contributed by atoms with Crippen molar-refractivity contribution in [3.8, 4) is 0 Å². The van der Waals surface area contributed by atoms with Crippen LogP contribution in [0.1, 0.15) is 46.5 Å². The lowest BCUT2D eigenvalue weighted by molar-refractivity contribution is -0.131. The van der Waals surface area contributed by atoms with Gasteiger partial charge in [-0.1, -0.05) is 26.7 Å². The number of amides is 1. The summed E-state index contributed by atoms with van der Waals surface area (Å²) in [4.78, 5) is 14.1. The lowest BCUT2D eigenvalue weighted by atomic mass is 9.99. The van der Waals surface area contributed by atoms with Crippen LogP contribution in [0.5, 0.6) is 0 Å². The fraction of sp³-hybridized carbons (Fsp3) is 0.923. The Balaban J connectivity index is 2.08. The van der Waals surface area contributed by atoms with E-state index in [-0.39, 0.29) is 5.91 Å². The fourth-order valence-electron chi connectivity index (χ4n) is 3.01. The molecule has 2 aliphatic rings. The lowest BCUT2D eigenvalue weighted by Crippen LogP contribution is -2.48. The normalized spacial score (nSPS) is 29.4. The summed E-state index contributed by atoms with van der Waals surface area (Å²) in [5, 5.41) is 3.41. The first-order valence-electron chi connectivity index (χ1n) is 6.66. The Bertz CT molecular complexity index is 259. The van der Waals surface area contributed by atoms with Gasteiger partial charge in [0.25, 0.3) is 0 Å². The van der Waals surface area contributed by atoms with Gasteiger partial charge in [-0.05, 0) is 31.6 Å². The first kappa shape index (κ1) is 11.9. The topological polar surface area (TPSA) is 32.3 Å². The molecule has 1 amide bonds. The van der Waals surface area contributed by atoms with Gasteiger partial charge in [0.05, 0.1) is 12.7 Å². The second-order valence-electron chi connectivity index (χ2n) is 5.66. The summed E-state index contributed by atoms with van der Waals surface area (Å²) < 4.78 is 0. The van der Waals surface area contributed by atoms with E-state index in [0.717, 1.165) is 0 Å². The van der Waals surface area contributed by atoms with Crippen LogP contribution in [0.3, 0.4) is 0 Å². The Kier molecular flexibility index (Phi) is 3.53. The number of carbonyl (C=O) groups excluding carboxylic acids is 1. The van der Waals surface area contributed by atoms with Crippen LogP contribution in [0.4, 0.5) is 0 Å². The standard InChI is InChI=1S/C13H24N2O/c1-9(2)10(3)15-12(16)8-14-13(15)11-6-4-5-7-11/h9-11,13-14H,4-8H2,1-3H3. The van der Waals surface area contributed by atoms with E-state index in [1.807, 2.05) is 0 Å². The van der Waals surface area contributed by atoms with Crippen molar-refractivity contribution in [2.45, 2.75) is 58.7 Å². The smallest absolute Gasteiger partial charge is 0.238 e. The highest BCUT2D eigenvalue weighted by atomic mass is 16.2. The van der Waals surface area contributed by atoms with Crippen molar-refractivity contribution in [3.63, 3.8) is 0 Å². The van der Waals surface area contributed by atoms with E-state index in [0.29, 0.717) is 30.6 Å². The third-order valence-corrected chi connectivity index (χ3v) is 4.30. The molecule has 1 saturated heterocycles. The summed E-state index contributed by atoms with van der Waals surface area (Å²) in [6, 6.07) is 0.355. The van der Waals surface area contributed by atoms with Crippen molar-refractivity contribution >= 4 is 5.91 Å². The zero-order valence-electron chi connectivity index (χ0n) is 10.7. The molecule has 0 bridgehead atoms. The van der Waals surface area contributed by atoms with Gasteiger partial charge < -0.3 is 4.90 Å². The quantitative estimate of drug-likeness (QED) is 0.795. The molecular weight excluding hydrogens is 200 g/mol. The van der Waals surface area contributed by atoms with Gasteiger partial charge >= 0.3 is 0 Å². The minimum atomic E-state index is 0.290. The average molecular weight is 224 g/mol. The second kappa shape index (κ2) is 4.74. The molecule has 2 rings (SSSR count). The van der Waals surface area contributed by atoms with Gasteiger partial charge in [-0.3, -0.25) is 10.1 Å². The van der Waals surface area contributed by atoms with E-state index in [2.05, 4.69) is 31.0 Å². The highest BCUT2D eigenvalue weighted by Gasteiger charge is 2.40. The first-order valence-corrected chi connectivity index (χ1v) is 6.66. The minimum Gasteiger partial charge on any atom is -0.323 e. The lowest BCUT2D eigenvalue weighted by Gasteiger charge is -2.35. The number of nitrogens with one attached hydrogen (secondary N) is 1. The molecule has 2 unspecified atom stereocenters. The van der Waals surface area contributed by atoms with Crippen LogP contribution in [-0.2, 0) is 4.79 Å². The van der Waals surface area contributed by atoms with E-state index < -0.39 is 0 Å². The van der Waals surface area contributed by atoms with Gasteiger partial charge in [0.15, 0.2) is 0 Å². The van der Waals surface area contributed by atoms with Crippen molar-refractivity contribution < 1.29 is 4.79 Å². The molecular formula is C13H24N2O. The second-order valence-corrected chi connectivity index (χ2v) is 5.66. The van der Waals surface area contributed by atoms with E-state index in [4.69, 9.17) is 0 Å². The molecule has 0 aromatic carbocycles. The Morgan fingerprint density at radius 1 is 1.25 bits per heavy atom. The summed E-state index contributed by atoms with van der Waals surface area (Å²) in [6.07, 6.45) is 5.55. The van der Waals surface area contributed by atoms with Crippen LogP contribution in [0.2, 0.25) is 0 Å². The maximum absolute atomic E-state index is 12.0. The van der Waals surface area contributed by atoms with Gasteiger partial charge in [-0.15, -0.1) is 0 Å². The monoisotopic (exact) mass is 224 g/mol. The Hall–Kier alpha value is -0.570. The molecule has 3 heteroatoms. The molecule has 0 aromatic rings. The SMILES string of the molecule is CC(C)C(C)N1C(=O)CNC1C1CCCC1. The summed E-state index contributed by atoms with van der Waals surface area (Å²) in [5.41, 5.74) is 0. The maximum Gasteiger partial charge on any atom is 0.238 e. The summed E-state index contributed by atoms with van der Waals surface area (Å²) >= 11 is 0. The molecule has 3 nitrogen and oxygen atoms in total. The molecule has 1 aliphatic carbocycles. The predicted octanol–water partition coefficient (Wildman–Crippen LogP) is 1.98. The summed E-state index contributed by atoms with van der Waals surface area (Å²) in [7, 11) is 0. The number of hydrogen-bond donors (Lipinski definition) is 1. The summed E-state index contributed by atoms with van der Waals surface area (Å²) in [5.74, 6) is 1.51. The van der Waals surface area contributed by atoms with Gasteiger partial charge in [-0.25, -0.2) is 0 Å². The van der Waals surface area contributed by atoms with Crippen molar-refractivity contribution in [2.24, 2.45) is 11.8 Å². The van der Waals surface area contributed by atoms with E-state index >= 15 is 0 Å². The van der Waals surface area contributed by atoms with Gasteiger partial charge in [0.1, 0.15) is 0 Å². The van der Waals surface area contributed by atoms with Crippen LogP contribution in [0, 0.1) is 11.8 Å². The third kappa shape index (κ3) is 2.10.